The quantitative estimate of drug-likeness (QED) is 0.355. The summed E-state index contributed by atoms with van der Waals surface area (Å²) in [4.78, 5) is 0. The topological polar surface area (TPSA) is 9.23 Å². The normalized spacial score (nSPS) is 10.9. The molecule has 0 N–H and O–H groups in total. The number of rotatable bonds is 10. The van der Waals surface area contributed by atoms with Gasteiger partial charge in [0.25, 0.3) is 0 Å². The van der Waals surface area contributed by atoms with Crippen molar-refractivity contribution in [2.24, 2.45) is 0 Å². The summed E-state index contributed by atoms with van der Waals surface area (Å²) in [5.74, 6) is 1.65. The van der Waals surface area contributed by atoms with Gasteiger partial charge in [0.1, 0.15) is 5.75 Å². The van der Waals surface area contributed by atoms with Gasteiger partial charge in [0, 0.05) is 10.7 Å². The summed E-state index contributed by atoms with van der Waals surface area (Å²) in [6.45, 7) is 0. The highest BCUT2D eigenvalue weighted by molar-refractivity contribution is 9.09. The first kappa shape index (κ1) is 17.0. The van der Waals surface area contributed by atoms with Crippen molar-refractivity contribution in [3.05, 3.63) is 29.8 Å². The first-order valence-electron chi connectivity index (χ1n) is 7.07. The Kier molecular flexibility index (Phi) is 9.62. The number of hydrogen-bond acceptors (Lipinski definition) is 1. The molecule has 0 heterocycles. The Morgan fingerprint density at radius 2 is 1.42 bits per heavy atom. The number of hydrogen-bond donors (Lipinski definition) is 0. The minimum absolute atomic E-state index is 0.698. The molecule has 0 radical (unpaired) electrons. The molecule has 1 aromatic rings. The standard InChI is InChI=1S/C16H24Br2O/c1-19-16-10-8-15(9-11-16)14(6-2-4-12-17)7-3-5-13-18/h8-11,14H,2-7,12-13H2,1H3. The third-order valence-electron chi connectivity index (χ3n) is 3.46. The lowest BCUT2D eigenvalue weighted by Gasteiger charge is -2.17. The second-order valence-electron chi connectivity index (χ2n) is 4.84. The first-order chi connectivity index (χ1) is 9.31. The van der Waals surface area contributed by atoms with Crippen molar-refractivity contribution in [3.8, 4) is 5.75 Å². The molecule has 0 aliphatic rings. The Hall–Kier alpha value is -0.0200. The molecule has 0 saturated heterocycles. The first-order valence-corrected chi connectivity index (χ1v) is 9.32. The van der Waals surface area contributed by atoms with E-state index in [1.54, 1.807) is 7.11 Å². The molecule has 0 atom stereocenters. The average Bonchev–Trinajstić information content (AvgIpc) is 2.46. The van der Waals surface area contributed by atoms with Crippen LogP contribution in [0.4, 0.5) is 0 Å². The van der Waals surface area contributed by atoms with E-state index < -0.39 is 0 Å². The van der Waals surface area contributed by atoms with Crippen LogP contribution >= 0.6 is 31.9 Å². The zero-order valence-electron chi connectivity index (χ0n) is 11.7. The van der Waals surface area contributed by atoms with E-state index >= 15 is 0 Å². The van der Waals surface area contributed by atoms with Crippen molar-refractivity contribution < 1.29 is 4.74 Å². The predicted octanol–water partition coefficient (Wildman–Crippen LogP) is 5.91. The van der Waals surface area contributed by atoms with Crippen LogP contribution in [-0.2, 0) is 0 Å². The van der Waals surface area contributed by atoms with Gasteiger partial charge in [0.15, 0.2) is 0 Å². The third-order valence-corrected chi connectivity index (χ3v) is 4.58. The summed E-state index contributed by atoms with van der Waals surface area (Å²) >= 11 is 7.03. The Balaban J connectivity index is 2.58. The number of benzene rings is 1. The summed E-state index contributed by atoms with van der Waals surface area (Å²) < 4.78 is 5.23. The van der Waals surface area contributed by atoms with Gasteiger partial charge in [0.2, 0.25) is 0 Å². The van der Waals surface area contributed by atoms with Gasteiger partial charge in [-0.25, -0.2) is 0 Å². The lowest BCUT2D eigenvalue weighted by atomic mass is 9.89. The van der Waals surface area contributed by atoms with Crippen LogP contribution in [0.3, 0.4) is 0 Å². The second-order valence-corrected chi connectivity index (χ2v) is 6.43. The molecular formula is C16H24Br2O. The maximum Gasteiger partial charge on any atom is 0.118 e. The molecule has 0 aliphatic heterocycles. The van der Waals surface area contributed by atoms with Gasteiger partial charge in [-0.1, -0.05) is 56.8 Å². The Morgan fingerprint density at radius 3 is 1.84 bits per heavy atom. The molecule has 1 rings (SSSR count). The third kappa shape index (κ3) is 6.80. The molecule has 3 heteroatoms. The van der Waals surface area contributed by atoms with Crippen molar-refractivity contribution in [2.75, 3.05) is 17.8 Å². The molecule has 0 amide bonds. The van der Waals surface area contributed by atoms with E-state index in [-0.39, 0.29) is 0 Å². The van der Waals surface area contributed by atoms with Gasteiger partial charge in [-0.15, -0.1) is 0 Å². The highest BCUT2D eigenvalue weighted by Gasteiger charge is 2.11. The van der Waals surface area contributed by atoms with Gasteiger partial charge < -0.3 is 4.74 Å². The fourth-order valence-corrected chi connectivity index (χ4v) is 3.12. The second kappa shape index (κ2) is 10.7. The van der Waals surface area contributed by atoms with Crippen molar-refractivity contribution >= 4 is 31.9 Å². The van der Waals surface area contributed by atoms with Crippen molar-refractivity contribution in [1.29, 1.82) is 0 Å². The fraction of sp³-hybridized carbons (Fsp3) is 0.625. The minimum Gasteiger partial charge on any atom is -0.497 e. The van der Waals surface area contributed by atoms with Gasteiger partial charge in [-0.3, -0.25) is 0 Å². The van der Waals surface area contributed by atoms with E-state index in [0.717, 1.165) is 16.4 Å². The zero-order valence-corrected chi connectivity index (χ0v) is 14.9. The summed E-state index contributed by atoms with van der Waals surface area (Å²) in [6.07, 6.45) is 7.73. The van der Waals surface area contributed by atoms with E-state index in [1.165, 1.54) is 44.1 Å². The summed E-state index contributed by atoms with van der Waals surface area (Å²) in [5, 5.41) is 2.23. The Labute approximate surface area is 134 Å². The lowest BCUT2D eigenvalue weighted by molar-refractivity contribution is 0.414. The molecule has 19 heavy (non-hydrogen) atoms. The highest BCUT2D eigenvalue weighted by atomic mass is 79.9. The predicted molar refractivity (Wildman–Crippen MR) is 91.0 cm³/mol. The largest absolute Gasteiger partial charge is 0.497 e. The van der Waals surface area contributed by atoms with Crippen LogP contribution in [0.25, 0.3) is 0 Å². The lowest BCUT2D eigenvalue weighted by Crippen LogP contribution is -2.00. The molecule has 0 unspecified atom stereocenters. The number of ether oxygens (including phenoxy) is 1. The van der Waals surface area contributed by atoms with Gasteiger partial charge in [-0.05, 0) is 49.3 Å². The maximum absolute atomic E-state index is 5.23. The molecule has 0 aromatic heterocycles. The van der Waals surface area contributed by atoms with Crippen molar-refractivity contribution in [2.45, 2.75) is 44.4 Å². The van der Waals surface area contributed by atoms with E-state index in [4.69, 9.17) is 4.74 Å². The van der Waals surface area contributed by atoms with Crippen LogP contribution < -0.4 is 4.74 Å². The average molecular weight is 392 g/mol. The van der Waals surface area contributed by atoms with Crippen LogP contribution in [0.15, 0.2) is 24.3 Å². The van der Waals surface area contributed by atoms with Gasteiger partial charge in [0.05, 0.1) is 7.11 Å². The van der Waals surface area contributed by atoms with E-state index in [0.29, 0.717) is 5.92 Å². The SMILES string of the molecule is COc1ccc(C(CCCCBr)CCCCBr)cc1. The maximum atomic E-state index is 5.23. The molecule has 0 saturated carbocycles. The Bertz CT molecular complexity index is 314. The van der Waals surface area contributed by atoms with Crippen molar-refractivity contribution in [1.82, 2.24) is 0 Å². The molecule has 0 bridgehead atoms. The molecule has 0 spiro atoms. The van der Waals surface area contributed by atoms with Crippen LogP contribution in [-0.4, -0.2) is 17.8 Å². The van der Waals surface area contributed by atoms with E-state index in [1.807, 2.05) is 0 Å². The van der Waals surface area contributed by atoms with Crippen molar-refractivity contribution in [3.63, 3.8) is 0 Å². The highest BCUT2D eigenvalue weighted by Crippen LogP contribution is 2.29. The van der Waals surface area contributed by atoms with Gasteiger partial charge >= 0.3 is 0 Å². The number of methoxy groups -OCH3 is 1. The van der Waals surface area contributed by atoms with Crippen LogP contribution in [0, 0.1) is 0 Å². The molecule has 0 aliphatic carbocycles. The monoisotopic (exact) mass is 390 g/mol. The zero-order chi connectivity index (χ0) is 13.9. The Morgan fingerprint density at radius 1 is 0.895 bits per heavy atom. The summed E-state index contributed by atoms with van der Waals surface area (Å²) in [5.41, 5.74) is 1.46. The molecule has 108 valence electrons. The summed E-state index contributed by atoms with van der Waals surface area (Å²) in [6, 6.07) is 8.62. The smallest absolute Gasteiger partial charge is 0.118 e. The van der Waals surface area contributed by atoms with Gasteiger partial charge in [-0.2, -0.15) is 0 Å². The fourth-order valence-electron chi connectivity index (χ4n) is 2.32. The van der Waals surface area contributed by atoms with Crippen LogP contribution in [0.2, 0.25) is 0 Å². The summed E-state index contributed by atoms with van der Waals surface area (Å²) in [7, 11) is 1.72. The van der Waals surface area contributed by atoms with Crippen LogP contribution in [0.5, 0.6) is 5.75 Å². The number of halogens is 2. The molecule has 1 nitrogen and oxygen atoms in total. The number of unbranched alkanes of at least 4 members (excludes halogenated alkanes) is 2. The molecular weight excluding hydrogens is 368 g/mol. The molecule has 1 aromatic carbocycles. The number of alkyl halides is 2. The van der Waals surface area contributed by atoms with E-state index in [9.17, 15) is 0 Å². The molecule has 0 fully saturated rings. The minimum atomic E-state index is 0.698. The van der Waals surface area contributed by atoms with Crippen LogP contribution in [0.1, 0.15) is 50.0 Å². The van der Waals surface area contributed by atoms with E-state index in [2.05, 4.69) is 56.1 Å².